The average Bonchev–Trinajstić information content (AvgIpc) is 3.28. The van der Waals surface area contributed by atoms with Crippen LogP contribution in [-0.2, 0) is 9.47 Å². The predicted molar refractivity (Wildman–Crippen MR) is 91.8 cm³/mol. The molecule has 1 amide bonds. The molecule has 0 aromatic rings. The minimum atomic E-state index is -0.462. The molecule has 1 fully saturated rings. The monoisotopic (exact) mass is 328 g/mol. The molecule has 0 aromatic carbocycles. The van der Waals surface area contributed by atoms with Crippen LogP contribution in [0.1, 0.15) is 40.0 Å². The van der Waals surface area contributed by atoms with E-state index in [-0.39, 0.29) is 6.09 Å². The number of ether oxygens (including phenoxy) is 2. The zero-order chi connectivity index (χ0) is 17.3. The molecule has 134 valence electrons. The van der Waals surface area contributed by atoms with E-state index in [0.717, 1.165) is 38.4 Å². The lowest BCUT2D eigenvalue weighted by Crippen LogP contribution is -2.45. The number of nitrogens with one attached hydrogen (secondary N) is 2. The molecule has 1 aliphatic rings. The summed E-state index contributed by atoms with van der Waals surface area (Å²) in [6.45, 7) is 8.43. The topological polar surface area (TPSA) is 75.2 Å². The van der Waals surface area contributed by atoms with E-state index in [4.69, 9.17) is 9.47 Å². The van der Waals surface area contributed by atoms with Gasteiger partial charge in [-0.1, -0.05) is 0 Å². The first-order valence-electron chi connectivity index (χ1n) is 8.30. The van der Waals surface area contributed by atoms with Gasteiger partial charge in [-0.15, -0.1) is 0 Å². The summed E-state index contributed by atoms with van der Waals surface area (Å²) >= 11 is 0. The van der Waals surface area contributed by atoms with Gasteiger partial charge in [-0.05, 0) is 40.0 Å². The van der Waals surface area contributed by atoms with Gasteiger partial charge in [0.25, 0.3) is 0 Å². The fourth-order valence-electron chi connectivity index (χ4n) is 2.07. The number of nitrogens with zero attached hydrogens (tertiary/aromatic N) is 2. The van der Waals surface area contributed by atoms with Crippen LogP contribution in [0.3, 0.4) is 0 Å². The molecular formula is C16H32N4O3. The third-order valence-electron chi connectivity index (χ3n) is 3.30. The fraction of sp³-hybridized carbons (Fsp3) is 0.875. The van der Waals surface area contributed by atoms with Crippen molar-refractivity contribution in [3.63, 3.8) is 0 Å². The summed E-state index contributed by atoms with van der Waals surface area (Å²) in [6.07, 6.45) is 2.81. The summed E-state index contributed by atoms with van der Waals surface area (Å²) in [7, 11) is 3.42. The standard InChI is InChI=1S/C16H32N4O3/c1-16(2,3)23-15(21)20(13-7-8-13)11-10-19-14(17-4)18-9-6-12-22-5/h13H,6-12H2,1-5H3,(H2,17,18,19). The van der Waals surface area contributed by atoms with Crippen LogP contribution in [0.15, 0.2) is 4.99 Å². The Morgan fingerprint density at radius 2 is 1.91 bits per heavy atom. The highest BCUT2D eigenvalue weighted by Gasteiger charge is 2.34. The Kier molecular flexibility index (Phi) is 8.16. The van der Waals surface area contributed by atoms with Crippen molar-refractivity contribution in [3.05, 3.63) is 0 Å². The normalized spacial score (nSPS) is 15.3. The van der Waals surface area contributed by atoms with Crippen LogP contribution in [0.4, 0.5) is 4.79 Å². The summed E-state index contributed by atoms with van der Waals surface area (Å²) in [5, 5.41) is 6.44. The maximum Gasteiger partial charge on any atom is 0.410 e. The smallest absolute Gasteiger partial charge is 0.410 e. The first-order chi connectivity index (χ1) is 10.9. The molecule has 0 radical (unpaired) electrons. The second-order valence-electron chi connectivity index (χ2n) is 6.68. The Morgan fingerprint density at radius 1 is 1.26 bits per heavy atom. The van der Waals surface area contributed by atoms with Crippen LogP contribution in [0.25, 0.3) is 0 Å². The van der Waals surface area contributed by atoms with E-state index >= 15 is 0 Å². The number of methoxy groups -OCH3 is 1. The summed E-state index contributed by atoms with van der Waals surface area (Å²) in [5.41, 5.74) is -0.462. The van der Waals surface area contributed by atoms with Crippen LogP contribution >= 0.6 is 0 Å². The fourth-order valence-corrected chi connectivity index (χ4v) is 2.07. The summed E-state index contributed by atoms with van der Waals surface area (Å²) in [6, 6.07) is 0.323. The Labute approximate surface area is 139 Å². The molecule has 7 nitrogen and oxygen atoms in total. The van der Waals surface area contributed by atoms with Crippen molar-refractivity contribution in [3.8, 4) is 0 Å². The van der Waals surface area contributed by atoms with Crippen molar-refractivity contribution in [2.75, 3.05) is 40.4 Å². The highest BCUT2D eigenvalue weighted by atomic mass is 16.6. The average molecular weight is 328 g/mol. The highest BCUT2D eigenvalue weighted by Crippen LogP contribution is 2.27. The number of hydrogen-bond donors (Lipinski definition) is 2. The summed E-state index contributed by atoms with van der Waals surface area (Å²) in [4.78, 5) is 18.2. The van der Waals surface area contributed by atoms with Crippen LogP contribution in [0, 0.1) is 0 Å². The Balaban J connectivity index is 2.33. The molecule has 0 bridgehead atoms. The van der Waals surface area contributed by atoms with E-state index in [0.29, 0.717) is 19.1 Å². The molecule has 1 aliphatic carbocycles. The van der Waals surface area contributed by atoms with Gasteiger partial charge in [0.05, 0.1) is 0 Å². The zero-order valence-electron chi connectivity index (χ0n) is 15.1. The molecule has 0 saturated heterocycles. The first-order valence-corrected chi connectivity index (χ1v) is 8.30. The number of guanidine groups is 1. The zero-order valence-corrected chi connectivity index (χ0v) is 15.1. The molecule has 0 unspecified atom stereocenters. The van der Waals surface area contributed by atoms with Crippen molar-refractivity contribution in [2.45, 2.75) is 51.7 Å². The molecule has 1 rings (SSSR count). The van der Waals surface area contributed by atoms with Gasteiger partial charge in [0.15, 0.2) is 5.96 Å². The third kappa shape index (κ3) is 8.64. The van der Waals surface area contributed by atoms with Crippen LogP contribution < -0.4 is 10.6 Å². The van der Waals surface area contributed by atoms with Crippen LogP contribution in [0.2, 0.25) is 0 Å². The molecule has 0 heterocycles. The van der Waals surface area contributed by atoms with E-state index in [1.807, 2.05) is 25.7 Å². The van der Waals surface area contributed by atoms with Crippen molar-refractivity contribution in [2.24, 2.45) is 4.99 Å². The van der Waals surface area contributed by atoms with E-state index in [9.17, 15) is 4.79 Å². The number of amides is 1. The molecule has 23 heavy (non-hydrogen) atoms. The molecule has 7 heteroatoms. The van der Waals surface area contributed by atoms with Crippen molar-refractivity contribution < 1.29 is 14.3 Å². The molecule has 2 N–H and O–H groups in total. The van der Waals surface area contributed by atoms with Crippen molar-refractivity contribution in [1.29, 1.82) is 0 Å². The third-order valence-corrected chi connectivity index (χ3v) is 3.30. The van der Waals surface area contributed by atoms with Crippen LogP contribution in [-0.4, -0.2) is 69.0 Å². The Bertz CT molecular complexity index is 389. The number of carbonyl (C=O) groups excluding carboxylic acids is 1. The van der Waals surface area contributed by atoms with Crippen LogP contribution in [0.5, 0.6) is 0 Å². The van der Waals surface area contributed by atoms with Gasteiger partial charge in [-0.25, -0.2) is 4.79 Å². The largest absolute Gasteiger partial charge is 0.444 e. The van der Waals surface area contributed by atoms with E-state index in [2.05, 4.69) is 15.6 Å². The summed E-state index contributed by atoms with van der Waals surface area (Å²) < 4.78 is 10.5. The molecule has 1 saturated carbocycles. The lowest BCUT2D eigenvalue weighted by Gasteiger charge is -2.27. The van der Waals surface area contributed by atoms with E-state index in [1.54, 1.807) is 14.2 Å². The second-order valence-corrected chi connectivity index (χ2v) is 6.68. The Morgan fingerprint density at radius 3 is 2.43 bits per heavy atom. The van der Waals surface area contributed by atoms with Gasteiger partial charge in [0.1, 0.15) is 5.60 Å². The van der Waals surface area contributed by atoms with Gasteiger partial charge < -0.3 is 25.0 Å². The number of aliphatic imine (C=N–C) groups is 1. The lowest BCUT2D eigenvalue weighted by atomic mass is 10.2. The maximum absolute atomic E-state index is 12.2. The molecular weight excluding hydrogens is 296 g/mol. The van der Waals surface area contributed by atoms with Gasteiger partial charge in [0, 0.05) is 46.4 Å². The van der Waals surface area contributed by atoms with E-state index in [1.165, 1.54) is 0 Å². The Hall–Kier alpha value is -1.50. The first kappa shape index (κ1) is 19.5. The van der Waals surface area contributed by atoms with Gasteiger partial charge in [0.2, 0.25) is 0 Å². The SMILES string of the molecule is CN=C(NCCCOC)NCCN(C(=O)OC(C)(C)C)C1CC1. The van der Waals surface area contributed by atoms with E-state index < -0.39 is 5.60 Å². The summed E-state index contributed by atoms with van der Waals surface area (Å²) in [5.74, 6) is 0.737. The quantitative estimate of drug-likeness (QED) is 0.402. The number of rotatable bonds is 8. The maximum atomic E-state index is 12.2. The molecule has 0 atom stereocenters. The molecule has 0 aliphatic heterocycles. The minimum absolute atomic E-state index is 0.232. The minimum Gasteiger partial charge on any atom is -0.444 e. The predicted octanol–water partition coefficient (Wildman–Crippen LogP) is 1.59. The second kappa shape index (κ2) is 9.60. The highest BCUT2D eigenvalue weighted by molar-refractivity contribution is 5.79. The lowest BCUT2D eigenvalue weighted by molar-refractivity contribution is 0.0238. The molecule has 0 spiro atoms. The van der Waals surface area contributed by atoms with Gasteiger partial charge >= 0.3 is 6.09 Å². The number of hydrogen-bond acceptors (Lipinski definition) is 4. The molecule has 0 aromatic heterocycles. The number of carbonyl (C=O) groups is 1. The van der Waals surface area contributed by atoms with Crippen molar-refractivity contribution >= 4 is 12.1 Å². The van der Waals surface area contributed by atoms with Gasteiger partial charge in [-0.3, -0.25) is 4.99 Å². The van der Waals surface area contributed by atoms with Crippen molar-refractivity contribution in [1.82, 2.24) is 15.5 Å². The van der Waals surface area contributed by atoms with Gasteiger partial charge in [-0.2, -0.15) is 0 Å².